The van der Waals surface area contributed by atoms with E-state index in [2.05, 4.69) is 20.5 Å². The van der Waals surface area contributed by atoms with Gasteiger partial charge < -0.3 is 10.3 Å². The maximum atomic E-state index is 12.9. The van der Waals surface area contributed by atoms with Crippen LogP contribution in [0, 0.1) is 0 Å². The average molecular weight is 387 g/mol. The Morgan fingerprint density at radius 3 is 2.79 bits per heavy atom. The Kier molecular flexibility index (Phi) is 4.50. The molecule has 0 aliphatic carbocycles. The van der Waals surface area contributed by atoms with Gasteiger partial charge in [-0.2, -0.15) is 13.2 Å². The number of carbonyl (C=O) groups is 1. The summed E-state index contributed by atoms with van der Waals surface area (Å²) in [6, 6.07) is 10.0. The maximum Gasteiger partial charge on any atom is 0.417 e. The topological polar surface area (TPSA) is 75.1 Å². The number of para-hydroxylation sites is 1. The summed E-state index contributed by atoms with van der Waals surface area (Å²) >= 11 is 0. The van der Waals surface area contributed by atoms with Gasteiger partial charge >= 0.3 is 6.18 Å². The second kappa shape index (κ2) is 6.99. The number of nitrogens with zero attached hydrogens (tertiary/aromatic N) is 3. The molecule has 0 fully saturated rings. The third-order valence-electron chi connectivity index (χ3n) is 4.54. The molecule has 0 atom stereocenters. The van der Waals surface area contributed by atoms with Gasteiger partial charge in [-0.1, -0.05) is 18.2 Å². The lowest BCUT2D eigenvalue weighted by molar-refractivity contribution is -0.137. The number of aromatic amines is 1. The van der Waals surface area contributed by atoms with Crippen molar-refractivity contribution in [3.8, 4) is 0 Å². The predicted molar refractivity (Wildman–Crippen MR) is 96.5 cm³/mol. The van der Waals surface area contributed by atoms with Gasteiger partial charge in [0.25, 0.3) is 0 Å². The number of rotatable bonds is 5. The van der Waals surface area contributed by atoms with E-state index in [1.165, 1.54) is 10.5 Å². The van der Waals surface area contributed by atoms with Crippen LogP contribution < -0.4 is 5.32 Å². The molecule has 4 rings (SSSR count). The first-order valence-electron chi connectivity index (χ1n) is 8.64. The van der Waals surface area contributed by atoms with E-state index in [4.69, 9.17) is 0 Å². The monoisotopic (exact) mass is 387 g/mol. The maximum absolute atomic E-state index is 12.9. The summed E-state index contributed by atoms with van der Waals surface area (Å²) in [6.07, 6.45) is -0.843. The number of H-pyrrole nitrogens is 1. The summed E-state index contributed by atoms with van der Waals surface area (Å²) in [5.74, 6) is 0.0237. The van der Waals surface area contributed by atoms with Crippen LogP contribution in [-0.4, -0.2) is 25.5 Å². The Bertz CT molecular complexity index is 1150. The van der Waals surface area contributed by atoms with Crippen LogP contribution >= 0.6 is 0 Å². The lowest BCUT2D eigenvalue weighted by atomic mass is 10.1. The molecular weight excluding hydrogens is 371 g/mol. The van der Waals surface area contributed by atoms with Crippen LogP contribution in [0.4, 0.5) is 13.2 Å². The zero-order valence-electron chi connectivity index (χ0n) is 14.6. The highest BCUT2D eigenvalue weighted by Crippen LogP contribution is 2.29. The molecule has 4 aromatic rings. The minimum Gasteiger partial charge on any atom is -0.361 e. The zero-order chi connectivity index (χ0) is 19.7. The second-order valence-corrected chi connectivity index (χ2v) is 6.40. The average Bonchev–Trinajstić information content (AvgIpc) is 3.27. The smallest absolute Gasteiger partial charge is 0.361 e. The number of amides is 1. The van der Waals surface area contributed by atoms with E-state index >= 15 is 0 Å². The Balaban J connectivity index is 1.40. The number of hydrogen-bond donors (Lipinski definition) is 2. The number of alkyl halides is 3. The number of carbonyl (C=O) groups excluding carboxylic acids is 1. The van der Waals surface area contributed by atoms with E-state index in [0.29, 0.717) is 6.42 Å². The molecule has 0 saturated heterocycles. The van der Waals surface area contributed by atoms with Crippen molar-refractivity contribution in [3.05, 3.63) is 65.7 Å². The van der Waals surface area contributed by atoms with Crippen molar-refractivity contribution in [1.82, 2.24) is 24.9 Å². The molecule has 3 aromatic heterocycles. The summed E-state index contributed by atoms with van der Waals surface area (Å²) in [5.41, 5.74) is 1.53. The number of hydrogen-bond acceptors (Lipinski definition) is 3. The number of aryl methyl sites for hydroxylation is 1. The third-order valence-corrected chi connectivity index (χ3v) is 4.54. The van der Waals surface area contributed by atoms with Crippen molar-refractivity contribution in [2.75, 3.05) is 0 Å². The van der Waals surface area contributed by atoms with Gasteiger partial charge in [-0.15, -0.1) is 10.2 Å². The van der Waals surface area contributed by atoms with E-state index in [0.717, 1.165) is 28.7 Å². The van der Waals surface area contributed by atoms with E-state index in [1.54, 1.807) is 0 Å². The number of fused-ring (bicyclic) bond motifs is 2. The molecule has 1 amide bonds. The lowest BCUT2D eigenvalue weighted by Crippen LogP contribution is -2.24. The van der Waals surface area contributed by atoms with E-state index < -0.39 is 11.7 Å². The van der Waals surface area contributed by atoms with Gasteiger partial charge in [-0.05, 0) is 30.2 Å². The molecule has 0 radical (unpaired) electrons. The van der Waals surface area contributed by atoms with Crippen LogP contribution in [0.25, 0.3) is 16.6 Å². The molecule has 0 aliphatic rings. The summed E-state index contributed by atoms with van der Waals surface area (Å²) < 4.78 is 39.9. The molecule has 9 heteroatoms. The predicted octanol–water partition coefficient (Wildman–Crippen LogP) is 3.48. The number of aromatic nitrogens is 4. The molecule has 3 heterocycles. The minimum atomic E-state index is -4.46. The van der Waals surface area contributed by atoms with Crippen LogP contribution in [0.2, 0.25) is 0 Å². The van der Waals surface area contributed by atoms with Gasteiger partial charge in [0.2, 0.25) is 5.91 Å². The molecule has 0 saturated carbocycles. The molecule has 0 aliphatic heterocycles. The Morgan fingerprint density at radius 1 is 1.14 bits per heavy atom. The van der Waals surface area contributed by atoms with E-state index in [-0.39, 0.29) is 30.3 Å². The first-order valence-corrected chi connectivity index (χ1v) is 8.64. The van der Waals surface area contributed by atoms with Crippen LogP contribution in [-0.2, 0) is 23.9 Å². The van der Waals surface area contributed by atoms with Crippen molar-refractivity contribution in [2.24, 2.45) is 0 Å². The first-order chi connectivity index (χ1) is 13.4. The van der Waals surface area contributed by atoms with Crippen molar-refractivity contribution in [3.63, 3.8) is 0 Å². The molecule has 144 valence electrons. The van der Waals surface area contributed by atoms with Crippen molar-refractivity contribution < 1.29 is 18.0 Å². The van der Waals surface area contributed by atoms with Crippen LogP contribution in [0.5, 0.6) is 0 Å². The summed E-state index contributed by atoms with van der Waals surface area (Å²) in [7, 11) is 0. The van der Waals surface area contributed by atoms with Gasteiger partial charge in [-0.3, -0.25) is 9.20 Å². The summed E-state index contributed by atoms with van der Waals surface area (Å²) in [4.78, 5) is 15.3. The number of halogens is 3. The van der Waals surface area contributed by atoms with Crippen molar-refractivity contribution in [1.29, 1.82) is 0 Å². The largest absolute Gasteiger partial charge is 0.417 e. The number of nitrogens with one attached hydrogen (secondary N) is 2. The number of benzene rings is 1. The molecule has 1 aromatic carbocycles. The first kappa shape index (κ1) is 18.0. The Hall–Kier alpha value is -3.36. The van der Waals surface area contributed by atoms with Crippen molar-refractivity contribution in [2.45, 2.75) is 25.6 Å². The number of pyridine rings is 1. The molecule has 0 spiro atoms. The highest BCUT2D eigenvalue weighted by molar-refractivity contribution is 5.84. The molecule has 0 bridgehead atoms. The van der Waals surface area contributed by atoms with Gasteiger partial charge in [0.05, 0.1) is 12.1 Å². The standard InChI is InChI=1S/C19H16F3N5O/c20-19(21,22)13-6-7-16-25-26-17(27(16)11-13)10-24-18(28)8-5-12-9-23-15-4-2-1-3-14(12)15/h1-4,6-7,9,11,23H,5,8,10H2,(H,24,28). The van der Waals surface area contributed by atoms with Gasteiger partial charge in [0.15, 0.2) is 11.5 Å². The SMILES string of the molecule is O=C(CCc1c[nH]c2ccccc12)NCc1nnc2ccc(C(F)(F)F)cn12. The van der Waals surface area contributed by atoms with Gasteiger partial charge in [0.1, 0.15) is 0 Å². The minimum absolute atomic E-state index is 0.00477. The van der Waals surface area contributed by atoms with Crippen LogP contribution in [0.1, 0.15) is 23.4 Å². The summed E-state index contributed by atoms with van der Waals surface area (Å²) in [5, 5.41) is 11.5. The highest BCUT2D eigenvalue weighted by atomic mass is 19.4. The van der Waals surface area contributed by atoms with Crippen molar-refractivity contribution >= 4 is 22.5 Å². The zero-order valence-corrected chi connectivity index (χ0v) is 14.6. The molecule has 2 N–H and O–H groups in total. The summed E-state index contributed by atoms with van der Waals surface area (Å²) in [6.45, 7) is -0.00477. The second-order valence-electron chi connectivity index (χ2n) is 6.40. The highest BCUT2D eigenvalue weighted by Gasteiger charge is 2.31. The normalized spacial score (nSPS) is 12.0. The molecule has 0 unspecified atom stereocenters. The fourth-order valence-electron chi connectivity index (χ4n) is 3.08. The third kappa shape index (κ3) is 3.55. The Morgan fingerprint density at radius 2 is 1.96 bits per heavy atom. The lowest BCUT2D eigenvalue weighted by Gasteiger charge is -2.08. The van der Waals surface area contributed by atoms with Crippen LogP contribution in [0.3, 0.4) is 0 Å². The molecule has 28 heavy (non-hydrogen) atoms. The quantitative estimate of drug-likeness (QED) is 0.551. The fourth-order valence-corrected chi connectivity index (χ4v) is 3.08. The molecule has 6 nitrogen and oxygen atoms in total. The van der Waals surface area contributed by atoms with E-state index in [9.17, 15) is 18.0 Å². The fraction of sp³-hybridized carbons (Fsp3) is 0.211. The van der Waals surface area contributed by atoms with Crippen LogP contribution in [0.15, 0.2) is 48.8 Å². The van der Waals surface area contributed by atoms with Gasteiger partial charge in [0, 0.05) is 29.7 Å². The molecular formula is C19H16F3N5O. The van der Waals surface area contributed by atoms with Gasteiger partial charge in [-0.25, -0.2) is 0 Å². The Labute approximate surface area is 157 Å². The van der Waals surface area contributed by atoms with E-state index in [1.807, 2.05) is 30.5 Å².